The maximum atomic E-state index is 11.1. The number of anilines is 1. The Morgan fingerprint density at radius 2 is 1.83 bits per heavy atom. The number of methoxy groups -OCH3 is 1. The van der Waals surface area contributed by atoms with E-state index in [0.29, 0.717) is 11.4 Å². The number of nitro groups is 1. The summed E-state index contributed by atoms with van der Waals surface area (Å²) in [5.41, 5.74) is 1.11. The van der Waals surface area contributed by atoms with Gasteiger partial charge in [0.1, 0.15) is 5.75 Å². The topological polar surface area (TPSA) is 88.5 Å². The Kier molecular flexibility index (Phi) is 6.16. The zero-order chi connectivity index (χ0) is 20.8. The molecular formula is C21H18N3O4S+. The predicted octanol–water partition coefficient (Wildman–Crippen LogP) is 4.21. The normalized spacial score (nSPS) is 11.3. The van der Waals surface area contributed by atoms with Crippen LogP contribution >= 0.6 is 12.2 Å². The lowest BCUT2D eigenvalue weighted by molar-refractivity contribution is -0.575. The van der Waals surface area contributed by atoms with E-state index in [1.807, 2.05) is 18.2 Å². The minimum Gasteiger partial charge on any atom is -0.502 e. The third-order valence-corrected chi connectivity index (χ3v) is 4.37. The third kappa shape index (κ3) is 4.74. The lowest BCUT2D eigenvalue weighted by Crippen LogP contribution is -2.38. The highest BCUT2D eigenvalue weighted by Gasteiger charge is 2.24. The first-order chi connectivity index (χ1) is 14.0. The summed E-state index contributed by atoms with van der Waals surface area (Å²) >= 11 is 5.56. The van der Waals surface area contributed by atoms with Crippen molar-refractivity contribution in [3.8, 4) is 5.75 Å². The van der Waals surface area contributed by atoms with Gasteiger partial charge in [-0.15, -0.1) is 0 Å². The highest BCUT2D eigenvalue weighted by Crippen LogP contribution is 2.23. The van der Waals surface area contributed by atoms with Crippen LogP contribution in [0.15, 0.2) is 79.1 Å². The van der Waals surface area contributed by atoms with Crippen LogP contribution in [0.1, 0.15) is 5.56 Å². The van der Waals surface area contributed by atoms with Crippen LogP contribution in [0.5, 0.6) is 5.75 Å². The molecule has 0 amide bonds. The number of aromatic nitrogens is 1. The average Bonchev–Trinajstić information content (AvgIpc) is 2.74. The third-order valence-electron chi connectivity index (χ3n) is 4.07. The fourth-order valence-electron chi connectivity index (χ4n) is 2.69. The molecule has 3 aromatic rings. The molecule has 0 radical (unpaired) electrons. The van der Waals surface area contributed by atoms with Crippen molar-refractivity contribution in [1.82, 2.24) is 0 Å². The fraction of sp³-hybridized carbons (Fsp3) is 0.0476. The molecule has 0 aliphatic heterocycles. The zero-order valence-corrected chi connectivity index (χ0v) is 16.3. The number of aliphatic hydroxyl groups excluding tert-OH is 1. The summed E-state index contributed by atoms with van der Waals surface area (Å²) in [5.74, 6) is 0.462. The second-order valence-corrected chi connectivity index (χ2v) is 6.38. The molecule has 0 aliphatic carbocycles. The number of non-ortho nitro benzene ring substituents is 1. The van der Waals surface area contributed by atoms with Gasteiger partial charge in [0.15, 0.2) is 23.1 Å². The van der Waals surface area contributed by atoms with Gasteiger partial charge in [-0.25, -0.2) is 0 Å². The van der Waals surface area contributed by atoms with E-state index in [4.69, 9.17) is 17.0 Å². The lowest BCUT2D eigenvalue weighted by atomic mass is 10.1. The van der Waals surface area contributed by atoms with Crippen molar-refractivity contribution in [1.29, 1.82) is 0 Å². The van der Waals surface area contributed by atoms with Crippen LogP contribution in [-0.4, -0.2) is 22.1 Å². The molecule has 146 valence electrons. The quantitative estimate of drug-likeness (QED) is 0.159. The SMILES string of the molecule is COc1cccc(NC(=S)/C(=C(/O)c2cccc([N+](=O)[O-])c2)[n+]2ccccc2)c1. The van der Waals surface area contributed by atoms with Gasteiger partial charge < -0.3 is 15.2 Å². The largest absolute Gasteiger partial charge is 0.502 e. The number of hydrogen-bond acceptors (Lipinski definition) is 5. The highest BCUT2D eigenvalue weighted by molar-refractivity contribution is 7.81. The summed E-state index contributed by atoms with van der Waals surface area (Å²) in [6, 6.07) is 18.3. The Labute approximate surface area is 172 Å². The Morgan fingerprint density at radius 3 is 2.52 bits per heavy atom. The summed E-state index contributed by atoms with van der Waals surface area (Å²) in [6.45, 7) is 0. The van der Waals surface area contributed by atoms with Crippen LogP contribution in [0.2, 0.25) is 0 Å². The van der Waals surface area contributed by atoms with Gasteiger partial charge in [-0.1, -0.05) is 36.5 Å². The van der Waals surface area contributed by atoms with Gasteiger partial charge in [-0.3, -0.25) is 10.1 Å². The highest BCUT2D eigenvalue weighted by atomic mass is 32.1. The average molecular weight is 408 g/mol. The Balaban J connectivity index is 2.07. The monoisotopic (exact) mass is 408 g/mol. The van der Waals surface area contributed by atoms with Gasteiger partial charge >= 0.3 is 0 Å². The predicted molar refractivity (Wildman–Crippen MR) is 115 cm³/mol. The maximum Gasteiger partial charge on any atom is 0.288 e. The van der Waals surface area contributed by atoms with Crippen LogP contribution in [0.4, 0.5) is 11.4 Å². The second kappa shape index (κ2) is 8.94. The van der Waals surface area contributed by atoms with Gasteiger partial charge in [-0.2, -0.15) is 4.57 Å². The molecule has 0 aliphatic rings. The van der Waals surface area contributed by atoms with Crippen molar-refractivity contribution >= 4 is 40.0 Å². The number of pyridine rings is 1. The van der Waals surface area contributed by atoms with E-state index in [2.05, 4.69) is 5.32 Å². The van der Waals surface area contributed by atoms with Gasteiger partial charge in [0, 0.05) is 41.6 Å². The molecule has 1 heterocycles. The summed E-state index contributed by atoms with van der Waals surface area (Å²) in [6.07, 6.45) is 3.45. The number of thiocarbonyl (C=S) groups is 1. The molecule has 2 N–H and O–H groups in total. The Hall–Kier alpha value is -3.78. The fourth-order valence-corrected chi connectivity index (χ4v) is 3.01. The van der Waals surface area contributed by atoms with Crippen molar-refractivity contribution in [2.45, 2.75) is 0 Å². The number of nitrogens with zero attached hydrogens (tertiary/aromatic N) is 2. The van der Waals surface area contributed by atoms with Crippen LogP contribution < -0.4 is 14.6 Å². The summed E-state index contributed by atoms with van der Waals surface area (Å²) in [5, 5.41) is 25.2. The molecule has 7 nitrogen and oxygen atoms in total. The van der Waals surface area contributed by atoms with E-state index < -0.39 is 4.92 Å². The summed E-state index contributed by atoms with van der Waals surface area (Å²) in [7, 11) is 1.57. The number of aliphatic hydroxyl groups is 1. The molecule has 0 bridgehead atoms. The summed E-state index contributed by atoms with van der Waals surface area (Å²) < 4.78 is 6.86. The van der Waals surface area contributed by atoms with E-state index in [9.17, 15) is 15.2 Å². The standard InChI is InChI=1S/C21H17N3O4S/c1-28-18-10-6-8-16(14-18)22-21(29)19(23-11-3-2-4-12-23)20(25)15-7-5-9-17(13-15)24(26)27/h2-14H,1H3,(H-,22,25,29)/p+1. The van der Waals surface area contributed by atoms with Crippen LogP contribution in [0, 0.1) is 10.1 Å². The number of ether oxygens (including phenoxy) is 1. The molecule has 2 aromatic carbocycles. The van der Waals surface area contributed by atoms with E-state index in [0.717, 1.165) is 0 Å². The minimum atomic E-state index is -0.515. The second-order valence-electron chi connectivity index (χ2n) is 5.97. The molecule has 1 aromatic heterocycles. The van der Waals surface area contributed by atoms with Gasteiger partial charge in [-0.05, 0) is 12.1 Å². The summed E-state index contributed by atoms with van der Waals surface area (Å²) in [4.78, 5) is 10.8. The first kappa shape index (κ1) is 20.0. The van der Waals surface area contributed by atoms with E-state index >= 15 is 0 Å². The van der Waals surface area contributed by atoms with Crippen LogP contribution in [-0.2, 0) is 0 Å². The van der Waals surface area contributed by atoms with Crippen molar-refractivity contribution in [3.63, 3.8) is 0 Å². The van der Waals surface area contributed by atoms with Crippen LogP contribution in [0.3, 0.4) is 0 Å². The van der Waals surface area contributed by atoms with Crippen LogP contribution in [0.25, 0.3) is 11.5 Å². The molecule has 8 heteroatoms. The van der Waals surface area contributed by atoms with Gasteiger partial charge in [0.05, 0.1) is 12.0 Å². The van der Waals surface area contributed by atoms with Crippen molar-refractivity contribution in [3.05, 3.63) is 94.8 Å². The minimum absolute atomic E-state index is 0.127. The maximum absolute atomic E-state index is 11.1. The van der Waals surface area contributed by atoms with Crippen molar-refractivity contribution in [2.24, 2.45) is 0 Å². The van der Waals surface area contributed by atoms with Crippen molar-refractivity contribution < 1.29 is 19.3 Å². The molecule has 0 saturated heterocycles. The number of benzene rings is 2. The Bertz CT molecular complexity index is 1080. The molecule has 0 atom stereocenters. The molecule has 0 spiro atoms. The first-order valence-electron chi connectivity index (χ1n) is 8.59. The zero-order valence-electron chi connectivity index (χ0n) is 15.5. The smallest absolute Gasteiger partial charge is 0.288 e. The Morgan fingerprint density at radius 1 is 1.10 bits per heavy atom. The molecule has 3 rings (SSSR count). The van der Waals surface area contributed by atoms with E-state index in [-0.39, 0.29) is 27.7 Å². The van der Waals surface area contributed by atoms with Gasteiger partial charge in [0.25, 0.3) is 11.4 Å². The lowest BCUT2D eigenvalue weighted by Gasteiger charge is -2.11. The van der Waals surface area contributed by atoms with Gasteiger partial charge in [0.2, 0.25) is 0 Å². The number of nitro benzene ring substituents is 1. The molecule has 0 fully saturated rings. The molecular weight excluding hydrogens is 390 g/mol. The molecule has 0 saturated carbocycles. The number of hydrogen-bond donors (Lipinski definition) is 2. The number of nitrogens with one attached hydrogen (secondary N) is 1. The van der Waals surface area contributed by atoms with E-state index in [1.54, 1.807) is 54.4 Å². The van der Waals surface area contributed by atoms with E-state index in [1.165, 1.54) is 18.2 Å². The first-order valence-corrected chi connectivity index (χ1v) is 9.00. The van der Waals surface area contributed by atoms with Crippen molar-refractivity contribution in [2.75, 3.05) is 12.4 Å². The molecule has 0 unspecified atom stereocenters. The number of rotatable bonds is 6. The molecule has 29 heavy (non-hydrogen) atoms.